The first kappa shape index (κ1) is 16.3. The number of esters is 1. The lowest BCUT2D eigenvalue weighted by molar-refractivity contribution is 0.0600. The molecule has 2 aromatic carbocycles. The van der Waals surface area contributed by atoms with Gasteiger partial charge in [-0.05, 0) is 40.3 Å². The van der Waals surface area contributed by atoms with Crippen LogP contribution in [0.4, 0.5) is 5.95 Å². The van der Waals surface area contributed by atoms with E-state index in [1.165, 1.54) is 7.11 Å². The van der Waals surface area contributed by atoms with E-state index in [1.54, 1.807) is 16.8 Å². The maximum Gasteiger partial charge on any atom is 0.337 e. The number of hydrogen-bond donors (Lipinski definition) is 1. The number of halogens is 1. The van der Waals surface area contributed by atoms with Crippen LogP contribution < -0.4 is 5.32 Å². The number of carbonyl (C=O) groups excluding carboxylic acids is 1. The first-order chi connectivity index (χ1) is 12.7. The number of methoxy groups -OCH3 is 1. The molecule has 0 fully saturated rings. The molecule has 0 saturated heterocycles. The molecule has 130 valence electrons. The molecule has 0 radical (unpaired) electrons. The van der Waals surface area contributed by atoms with Crippen molar-refractivity contribution >= 4 is 29.2 Å². The van der Waals surface area contributed by atoms with Crippen LogP contribution in [0.1, 0.15) is 27.5 Å². The summed E-state index contributed by atoms with van der Waals surface area (Å²) in [6, 6.07) is 14.5. The van der Waals surface area contributed by atoms with Crippen molar-refractivity contribution < 1.29 is 9.53 Å². The molecule has 1 aromatic heterocycles. The molecule has 0 aliphatic carbocycles. The number of allylic oxidation sites excluding steroid dienone is 1. The molecule has 8 heteroatoms. The summed E-state index contributed by atoms with van der Waals surface area (Å²) in [7, 11) is 1.36. The molecule has 4 rings (SSSR count). The van der Waals surface area contributed by atoms with Gasteiger partial charge in [-0.25, -0.2) is 4.79 Å². The summed E-state index contributed by atoms with van der Waals surface area (Å²) >= 11 is 6.33. The standard InChI is InChI=1S/C18H14ClN5O2/c1-26-17(25)12-8-6-11(7-9-12)16-10-15(13-4-2-3-5-14(13)19)20-18-21-22-23-24(16)18/h2-10,16H,1H3,(H,20,21,23)/t16-/m1/s1. The second-order valence-electron chi connectivity index (χ2n) is 5.69. The van der Waals surface area contributed by atoms with Crippen LogP contribution in [-0.4, -0.2) is 33.3 Å². The second-order valence-corrected chi connectivity index (χ2v) is 6.10. The topological polar surface area (TPSA) is 81.9 Å². The molecule has 1 atom stereocenters. The van der Waals surface area contributed by atoms with Gasteiger partial charge in [0.05, 0.1) is 12.7 Å². The highest BCUT2D eigenvalue weighted by Gasteiger charge is 2.25. The molecule has 0 amide bonds. The van der Waals surface area contributed by atoms with Gasteiger partial charge in [-0.3, -0.25) is 0 Å². The average Bonchev–Trinajstić information content (AvgIpc) is 3.16. The molecule has 26 heavy (non-hydrogen) atoms. The van der Waals surface area contributed by atoms with Gasteiger partial charge >= 0.3 is 5.97 Å². The van der Waals surface area contributed by atoms with Gasteiger partial charge in [0.2, 0.25) is 5.95 Å². The van der Waals surface area contributed by atoms with Gasteiger partial charge in [0.15, 0.2) is 0 Å². The Hall–Kier alpha value is -3.19. The summed E-state index contributed by atoms with van der Waals surface area (Å²) in [6.07, 6.45) is 2.00. The fourth-order valence-corrected chi connectivity index (χ4v) is 3.10. The Kier molecular flexibility index (Phi) is 4.14. The van der Waals surface area contributed by atoms with E-state index >= 15 is 0 Å². The first-order valence-corrected chi connectivity index (χ1v) is 8.25. The van der Waals surface area contributed by atoms with Crippen molar-refractivity contribution in [3.05, 3.63) is 76.3 Å². The zero-order valence-electron chi connectivity index (χ0n) is 13.8. The number of anilines is 1. The molecular formula is C18H14ClN5O2. The minimum absolute atomic E-state index is 0.237. The maximum absolute atomic E-state index is 11.6. The van der Waals surface area contributed by atoms with E-state index in [9.17, 15) is 4.79 Å². The molecule has 0 unspecified atom stereocenters. The van der Waals surface area contributed by atoms with Gasteiger partial charge in [0.1, 0.15) is 6.04 Å². The number of carbonyl (C=O) groups is 1. The van der Waals surface area contributed by atoms with Crippen LogP contribution in [-0.2, 0) is 4.74 Å². The van der Waals surface area contributed by atoms with Crippen molar-refractivity contribution in [3.63, 3.8) is 0 Å². The monoisotopic (exact) mass is 367 g/mol. The smallest absolute Gasteiger partial charge is 0.337 e. The number of nitrogens with zero attached hydrogens (tertiary/aromatic N) is 4. The SMILES string of the molecule is COC(=O)c1ccc([C@H]2C=C(c3ccccc3Cl)Nc3nnnn32)cc1. The number of benzene rings is 2. The van der Waals surface area contributed by atoms with E-state index in [1.807, 2.05) is 42.5 Å². The third-order valence-electron chi connectivity index (χ3n) is 4.16. The molecule has 0 bridgehead atoms. The minimum Gasteiger partial charge on any atom is -0.465 e. The third-order valence-corrected chi connectivity index (χ3v) is 4.49. The van der Waals surface area contributed by atoms with Crippen LogP contribution in [0.3, 0.4) is 0 Å². The molecule has 1 N–H and O–H groups in total. The van der Waals surface area contributed by atoms with Crippen molar-refractivity contribution in [2.75, 3.05) is 12.4 Å². The highest BCUT2D eigenvalue weighted by Crippen LogP contribution is 2.33. The van der Waals surface area contributed by atoms with Crippen molar-refractivity contribution in [2.24, 2.45) is 0 Å². The van der Waals surface area contributed by atoms with E-state index in [4.69, 9.17) is 16.3 Å². The van der Waals surface area contributed by atoms with Gasteiger partial charge in [-0.15, -0.1) is 0 Å². The van der Waals surface area contributed by atoms with Crippen molar-refractivity contribution in [3.8, 4) is 0 Å². The van der Waals surface area contributed by atoms with Crippen molar-refractivity contribution in [1.82, 2.24) is 20.2 Å². The van der Waals surface area contributed by atoms with Gasteiger partial charge in [-0.1, -0.05) is 47.0 Å². The fourth-order valence-electron chi connectivity index (χ4n) is 2.86. The van der Waals surface area contributed by atoms with Crippen molar-refractivity contribution in [1.29, 1.82) is 0 Å². The normalized spacial score (nSPS) is 15.6. The highest BCUT2D eigenvalue weighted by molar-refractivity contribution is 6.32. The fraction of sp³-hybridized carbons (Fsp3) is 0.111. The molecule has 3 aromatic rings. The summed E-state index contributed by atoms with van der Waals surface area (Å²) in [6.45, 7) is 0. The predicted molar refractivity (Wildman–Crippen MR) is 96.8 cm³/mol. The number of tetrazole rings is 1. The van der Waals surface area contributed by atoms with E-state index in [-0.39, 0.29) is 12.0 Å². The van der Waals surface area contributed by atoms with E-state index < -0.39 is 0 Å². The van der Waals surface area contributed by atoms with Gasteiger partial charge < -0.3 is 10.1 Å². The number of rotatable bonds is 3. The lowest BCUT2D eigenvalue weighted by Gasteiger charge is -2.24. The summed E-state index contributed by atoms with van der Waals surface area (Å²) < 4.78 is 6.41. The summed E-state index contributed by atoms with van der Waals surface area (Å²) in [5.41, 5.74) is 3.09. The minimum atomic E-state index is -0.378. The van der Waals surface area contributed by atoms with E-state index in [0.717, 1.165) is 16.8 Å². The molecule has 2 heterocycles. The zero-order valence-corrected chi connectivity index (χ0v) is 14.5. The third kappa shape index (κ3) is 2.82. The summed E-state index contributed by atoms with van der Waals surface area (Å²) in [5.74, 6) is 0.140. The second kappa shape index (κ2) is 6.61. The Balaban J connectivity index is 1.76. The Bertz CT molecular complexity index is 997. The summed E-state index contributed by atoms with van der Waals surface area (Å²) in [5, 5.41) is 15.7. The van der Waals surface area contributed by atoms with Crippen molar-refractivity contribution in [2.45, 2.75) is 6.04 Å². The lowest BCUT2D eigenvalue weighted by atomic mass is 10.0. The number of fused-ring (bicyclic) bond motifs is 1. The number of hydrogen-bond acceptors (Lipinski definition) is 6. The van der Waals surface area contributed by atoms with E-state index in [0.29, 0.717) is 16.5 Å². The van der Waals surface area contributed by atoms with Crippen LogP contribution >= 0.6 is 11.6 Å². The average molecular weight is 368 g/mol. The van der Waals surface area contributed by atoms with Gasteiger partial charge in [0.25, 0.3) is 0 Å². The van der Waals surface area contributed by atoms with Crippen LogP contribution in [0.15, 0.2) is 54.6 Å². The predicted octanol–water partition coefficient (Wildman–Crippen LogP) is 3.17. The number of ether oxygens (including phenoxy) is 1. The van der Waals surface area contributed by atoms with Crippen LogP contribution in [0.25, 0.3) is 5.70 Å². The largest absolute Gasteiger partial charge is 0.465 e. The van der Waals surface area contributed by atoms with Crippen LogP contribution in [0.5, 0.6) is 0 Å². The number of nitrogens with one attached hydrogen (secondary N) is 1. The Morgan fingerprint density at radius 1 is 1.19 bits per heavy atom. The maximum atomic E-state index is 11.6. The van der Waals surface area contributed by atoms with Gasteiger partial charge in [0, 0.05) is 16.3 Å². The first-order valence-electron chi connectivity index (χ1n) is 7.87. The van der Waals surface area contributed by atoms with Gasteiger partial charge in [-0.2, -0.15) is 4.68 Å². The Morgan fingerprint density at radius 2 is 1.96 bits per heavy atom. The molecule has 0 spiro atoms. The Labute approximate surface area is 154 Å². The van der Waals surface area contributed by atoms with Crippen LogP contribution in [0.2, 0.25) is 5.02 Å². The lowest BCUT2D eigenvalue weighted by Crippen LogP contribution is -2.20. The molecule has 7 nitrogen and oxygen atoms in total. The molecule has 0 saturated carbocycles. The summed E-state index contributed by atoms with van der Waals surface area (Å²) in [4.78, 5) is 11.6. The highest BCUT2D eigenvalue weighted by atomic mass is 35.5. The Morgan fingerprint density at radius 3 is 2.69 bits per heavy atom. The van der Waals surface area contributed by atoms with E-state index in [2.05, 4.69) is 20.8 Å². The molecule has 1 aliphatic heterocycles. The zero-order chi connectivity index (χ0) is 18.1. The number of aromatic nitrogens is 4. The quantitative estimate of drug-likeness (QED) is 0.716. The molecule has 1 aliphatic rings. The molecular weight excluding hydrogens is 354 g/mol. The van der Waals surface area contributed by atoms with Crippen LogP contribution in [0, 0.1) is 0 Å².